The van der Waals surface area contributed by atoms with Gasteiger partial charge in [-0.15, -0.1) is 0 Å². The van der Waals surface area contributed by atoms with Gasteiger partial charge in [0, 0.05) is 12.1 Å². The lowest BCUT2D eigenvalue weighted by Gasteiger charge is -2.10. The van der Waals surface area contributed by atoms with Crippen LogP contribution in [0.25, 0.3) is 0 Å². The average Bonchev–Trinajstić information content (AvgIpc) is 2.53. The Morgan fingerprint density at radius 1 is 1.36 bits per heavy atom. The van der Waals surface area contributed by atoms with Crippen molar-refractivity contribution in [3.63, 3.8) is 0 Å². The summed E-state index contributed by atoms with van der Waals surface area (Å²) in [5, 5.41) is 22.2. The van der Waals surface area contributed by atoms with E-state index in [2.05, 4.69) is 14.8 Å². The summed E-state index contributed by atoms with van der Waals surface area (Å²) in [5.74, 6) is -1.68. The quantitative estimate of drug-likeness (QED) is 0.370. The Kier molecular flexibility index (Phi) is 5.59. The van der Waals surface area contributed by atoms with Crippen LogP contribution in [0.5, 0.6) is 0 Å². The minimum Gasteiger partial charge on any atom is -0.466 e. The highest BCUT2D eigenvalue weighted by Gasteiger charge is 2.16. The normalized spacial score (nSPS) is 10.3. The second kappa shape index (κ2) is 7.39. The van der Waals surface area contributed by atoms with Crippen LogP contribution in [0.4, 0.5) is 11.4 Å². The van der Waals surface area contributed by atoms with Gasteiger partial charge in [0.1, 0.15) is 11.8 Å². The number of nitrogens with zero attached hydrogens (tertiary/aromatic N) is 2. The third-order valence-electron chi connectivity index (χ3n) is 2.47. The van der Waals surface area contributed by atoms with E-state index in [0.717, 1.165) is 32.4 Å². The molecule has 1 rings (SSSR count). The van der Waals surface area contributed by atoms with Crippen LogP contribution in [0, 0.1) is 21.4 Å². The van der Waals surface area contributed by atoms with Crippen LogP contribution in [0.1, 0.15) is 5.56 Å². The van der Waals surface area contributed by atoms with E-state index in [1.165, 1.54) is 6.07 Å². The fourth-order valence-electron chi connectivity index (χ4n) is 1.43. The molecule has 9 nitrogen and oxygen atoms in total. The molecule has 0 aliphatic carbocycles. The largest absolute Gasteiger partial charge is 0.466 e. The second-order valence-corrected chi connectivity index (χ2v) is 3.80. The molecule has 9 heteroatoms. The van der Waals surface area contributed by atoms with Crippen molar-refractivity contribution in [3.05, 3.63) is 45.6 Å². The van der Waals surface area contributed by atoms with Crippen molar-refractivity contribution < 1.29 is 24.0 Å². The molecule has 0 spiro atoms. The Morgan fingerprint density at radius 3 is 2.55 bits per heavy atom. The summed E-state index contributed by atoms with van der Waals surface area (Å²) in [6, 6.07) is 5.18. The molecule has 0 aromatic heterocycles. The zero-order valence-electron chi connectivity index (χ0n) is 11.7. The number of esters is 2. The van der Waals surface area contributed by atoms with Gasteiger partial charge in [0.05, 0.1) is 36.5 Å². The summed E-state index contributed by atoms with van der Waals surface area (Å²) < 4.78 is 8.90. The van der Waals surface area contributed by atoms with E-state index in [-0.39, 0.29) is 22.6 Å². The molecule has 0 saturated carbocycles. The maximum atomic E-state index is 11.6. The van der Waals surface area contributed by atoms with Gasteiger partial charge in [-0.05, 0) is 6.07 Å². The Morgan fingerprint density at radius 2 is 2.05 bits per heavy atom. The molecule has 0 bridgehead atoms. The van der Waals surface area contributed by atoms with Crippen molar-refractivity contribution in [2.24, 2.45) is 0 Å². The predicted octanol–water partition coefficient (Wildman–Crippen LogP) is 1.11. The van der Waals surface area contributed by atoms with E-state index in [1.807, 2.05) is 0 Å². The van der Waals surface area contributed by atoms with E-state index >= 15 is 0 Å². The predicted molar refractivity (Wildman–Crippen MR) is 73.5 cm³/mol. The lowest BCUT2D eigenvalue weighted by Crippen LogP contribution is -2.16. The molecule has 0 radical (unpaired) electrons. The third-order valence-corrected chi connectivity index (χ3v) is 2.47. The van der Waals surface area contributed by atoms with Gasteiger partial charge in [-0.2, -0.15) is 5.26 Å². The minimum absolute atomic E-state index is 0.0751. The number of carbonyl (C=O) groups is 2. The van der Waals surface area contributed by atoms with E-state index in [4.69, 9.17) is 5.26 Å². The molecule has 0 heterocycles. The first-order valence-electron chi connectivity index (χ1n) is 5.76. The van der Waals surface area contributed by atoms with Gasteiger partial charge in [0.25, 0.3) is 5.69 Å². The van der Waals surface area contributed by atoms with Gasteiger partial charge in [0.2, 0.25) is 0 Å². The number of hydrogen-bond donors (Lipinski definition) is 1. The first kappa shape index (κ1) is 16.6. The average molecular weight is 305 g/mol. The van der Waals surface area contributed by atoms with Gasteiger partial charge in [0.15, 0.2) is 0 Å². The molecule has 114 valence electrons. The number of methoxy groups -OCH3 is 2. The number of nitriles is 1. The number of nitrogens with one attached hydrogen (secondary N) is 1. The minimum atomic E-state index is -0.868. The zero-order valence-corrected chi connectivity index (χ0v) is 11.7. The van der Waals surface area contributed by atoms with Crippen molar-refractivity contribution in [1.29, 1.82) is 5.26 Å². The highest BCUT2D eigenvalue weighted by atomic mass is 16.6. The number of carbonyl (C=O) groups excluding carboxylic acids is 2. The summed E-state index contributed by atoms with van der Waals surface area (Å²) >= 11 is 0. The molecule has 1 aromatic rings. The molecule has 0 amide bonds. The van der Waals surface area contributed by atoms with Crippen LogP contribution in [0.15, 0.2) is 30.0 Å². The van der Waals surface area contributed by atoms with Crippen molar-refractivity contribution in [1.82, 2.24) is 0 Å². The van der Waals surface area contributed by atoms with Gasteiger partial charge < -0.3 is 14.8 Å². The number of rotatable bonds is 5. The van der Waals surface area contributed by atoms with Crippen LogP contribution in [0.3, 0.4) is 0 Å². The number of anilines is 1. The summed E-state index contributed by atoms with van der Waals surface area (Å²) in [7, 11) is 2.23. The van der Waals surface area contributed by atoms with E-state index < -0.39 is 16.9 Å². The molecular formula is C13H11N3O6. The van der Waals surface area contributed by atoms with Gasteiger partial charge in [-0.25, -0.2) is 9.59 Å². The van der Waals surface area contributed by atoms with Gasteiger partial charge in [-0.1, -0.05) is 0 Å². The topological polar surface area (TPSA) is 132 Å². The third kappa shape index (κ3) is 4.04. The molecule has 0 aliphatic heterocycles. The Labute approximate surface area is 124 Å². The summed E-state index contributed by atoms with van der Waals surface area (Å²) in [5.41, 5.74) is -0.527. The van der Waals surface area contributed by atoms with Gasteiger partial charge >= 0.3 is 11.9 Å². The summed E-state index contributed by atoms with van der Waals surface area (Å²) in [6.07, 6.45) is 0.842. The molecule has 0 atom stereocenters. The Balaban J connectivity index is 3.22. The van der Waals surface area contributed by atoms with Crippen molar-refractivity contribution >= 4 is 23.3 Å². The highest BCUT2D eigenvalue weighted by Crippen LogP contribution is 2.22. The molecule has 0 aliphatic rings. The molecule has 0 fully saturated rings. The maximum Gasteiger partial charge on any atom is 0.354 e. The molecule has 1 N–H and O–H groups in total. The first-order chi connectivity index (χ1) is 10.4. The molecule has 0 unspecified atom stereocenters. The maximum absolute atomic E-state index is 11.6. The van der Waals surface area contributed by atoms with Crippen LogP contribution >= 0.6 is 0 Å². The van der Waals surface area contributed by atoms with Crippen LogP contribution in [0.2, 0.25) is 0 Å². The monoisotopic (exact) mass is 305 g/mol. The number of non-ortho nitro benzene ring substituents is 1. The second-order valence-electron chi connectivity index (χ2n) is 3.80. The fourth-order valence-corrected chi connectivity index (χ4v) is 1.43. The number of benzene rings is 1. The smallest absolute Gasteiger partial charge is 0.354 e. The number of hydrogen-bond acceptors (Lipinski definition) is 8. The van der Waals surface area contributed by atoms with E-state index in [1.54, 1.807) is 6.07 Å². The number of ether oxygens (including phenoxy) is 2. The lowest BCUT2D eigenvalue weighted by atomic mass is 10.1. The molecule has 22 heavy (non-hydrogen) atoms. The molecular weight excluding hydrogens is 294 g/mol. The summed E-state index contributed by atoms with van der Waals surface area (Å²) in [4.78, 5) is 32.8. The summed E-state index contributed by atoms with van der Waals surface area (Å²) in [6.45, 7) is 0. The van der Waals surface area contributed by atoms with E-state index in [0.29, 0.717) is 0 Å². The zero-order chi connectivity index (χ0) is 16.7. The number of nitro benzene ring substituents is 1. The molecule has 0 saturated heterocycles. The van der Waals surface area contributed by atoms with Crippen LogP contribution < -0.4 is 5.32 Å². The van der Waals surface area contributed by atoms with Gasteiger partial charge in [-0.3, -0.25) is 10.1 Å². The molecule has 1 aromatic carbocycles. The first-order valence-corrected chi connectivity index (χ1v) is 5.76. The SMILES string of the molecule is COC(=O)/C=C(/Nc1ccc([N+](=O)[O-])cc1C#N)C(=O)OC. The van der Waals surface area contributed by atoms with Crippen molar-refractivity contribution in [2.45, 2.75) is 0 Å². The Bertz CT molecular complexity index is 690. The van der Waals surface area contributed by atoms with E-state index in [9.17, 15) is 19.7 Å². The lowest BCUT2D eigenvalue weighted by molar-refractivity contribution is -0.384. The number of nitro groups is 1. The standard InChI is InChI=1S/C13H11N3O6/c1-21-12(17)6-11(13(18)22-2)15-10-4-3-9(16(19)20)5-8(10)7-14/h3-6,15H,1-2H3/b11-6+. The van der Waals surface area contributed by atoms with Crippen LogP contribution in [-0.4, -0.2) is 31.1 Å². The van der Waals surface area contributed by atoms with Crippen molar-refractivity contribution in [2.75, 3.05) is 19.5 Å². The van der Waals surface area contributed by atoms with Crippen LogP contribution in [-0.2, 0) is 19.1 Å². The van der Waals surface area contributed by atoms with Crippen molar-refractivity contribution in [3.8, 4) is 6.07 Å². The Hall–Kier alpha value is -3.41. The highest BCUT2D eigenvalue weighted by molar-refractivity contribution is 5.99. The fraction of sp³-hybridized carbons (Fsp3) is 0.154.